The number of benzene rings is 3. The maximum atomic E-state index is 13.4. The summed E-state index contributed by atoms with van der Waals surface area (Å²) in [4.78, 5) is 14.1. The van der Waals surface area contributed by atoms with Crippen molar-refractivity contribution < 1.29 is 33.6 Å². The molecule has 32 heavy (non-hydrogen) atoms. The summed E-state index contributed by atoms with van der Waals surface area (Å²) in [6.07, 6.45) is -2.80. The predicted octanol–water partition coefficient (Wildman–Crippen LogP) is 4.05. The monoisotopic (exact) mass is 439 g/mol. The average Bonchev–Trinajstić information content (AvgIpc) is 3.16. The molecule has 0 bridgehead atoms. The van der Waals surface area contributed by atoms with Crippen molar-refractivity contribution in [2.45, 2.75) is 18.2 Å². The first kappa shape index (κ1) is 21.5. The van der Waals surface area contributed by atoms with Crippen molar-refractivity contribution in [1.82, 2.24) is 0 Å². The Kier molecular flexibility index (Phi) is 6.13. The van der Waals surface area contributed by atoms with Crippen LogP contribution in [0.5, 0.6) is 17.2 Å². The highest BCUT2D eigenvalue weighted by Gasteiger charge is 2.47. The number of aliphatic hydroxyl groups excluding tert-OH is 1. The maximum absolute atomic E-state index is 13.4. The average molecular weight is 439 g/mol. The number of phenols is 1. The molecule has 3 aromatic rings. The molecule has 0 spiro atoms. The first-order valence-electron chi connectivity index (χ1n) is 9.95. The zero-order valence-corrected chi connectivity index (χ0v) is 17.2. The molecule has 0 saturated carbocycles. The van der Waals surface area contributed by atoms with E-state index in [9.17, 15) is 19.4 Å². The smallest absolute Gasteiger partial charge is 0.415 e. The molecule has 1 aliphatic rings. The Balaban J connectivity index is 1.59. The lowest BCUT2D eigenvalue weighted by Gasteiger charge is -2.27. The van der Waals surface area contributed by atoms with Gasteiger partial charge in [0, 0.05) is 5.69 Å². The normalized spacial score (nSPS) is 18.8. The molecular formula is C24H22FNO6. The molecule has 3 atom stereocenters. The number of amides is 1. The number of carbonyl (C=O) groups is 1. The summed E-state index contributed by atoms with van der Waals surface area (Å²) in [6, 6.07) is 17.8. The maximum Gasteiger partial charge on any atom is 0.415 e. The molecule has 4 rings (SSSR count). The molecule has 0 aliphatic carbocycles. The van der Waals surface area contributed by atoms with Gasteiger partial charge in [0.2, 0.25) is 0 Å². The summed E-state index contributed by atoms with van der Waals surface area (Å²) in [5.74, 6) is 0.815. The Hall–Kier alpha value is -3.78. The van der Waals surface area contributed by atoms with Crippen LogP contribution in [0.2, 0.25) is 0 Å². The molecule has 166 valence electrons. The number of aliphatic hydroxyl groups is 1. The lowest BCUT2D eigenvalue weighted by molar-refractivity contribution is -0.00647. The fourth-order valence-corrected chi connectivity index (χ4v) is 3.61. The molecule has 1 heterocycles. The van der Waals surface area contributed by atoms with Gasteiger partial charge in [0.15, 0.2) is 6.10 Å². The number of halogens is 1. The SMILES string of the molecule is COc1ccc(OCC(O)C2OC(=O)N(c3ccc(F)cc3)[C@@H]2c2ccc(O)cc2)cc1. The van der Waals surface area contributed by atoms with E-state index in [1.165, 1.54) is 41.3 Å². The van der Waals surface area contributed by atoms with E-state index in [0.717, 1.165) is 0 Å². The molecule has 0 radical (unpaired) electrons. The van der Waals surface area contributed by atoms with Crippen molar-refractivity contribution >= 4 is 11.8 Å². The van der Waals surface area contributed by atoms with E-state index < -0.39 is 30.2 Å². The standard InChI is InChI=1S/C24H22FNO6/c1-30-19-10-12-20(13-11-19)31-14-21(28)23-22(15-2-8-18(27)9-3-15)26(24(29)32-23)17-6-4-16(25)5-7-17/h2-13,21-23,27-28H,14H2,1H3/t21?,22-,23?/m1/s1. The number of cyclic esters (lactones) is 1. The van der Waals surface area contributed by atoms with Gasteiger partial charge in [0.25, 0.3) is 0 Å². The minimum atomic E-state index is -1.16. The highest BCUT2D eigenvalue weighted by atomic mass is 19.1. The van der Waals surface area contributed by atoms with Crippen LogP contribution in [0.3, 0.4) is 0 Å². The molecule has 1 saturated heterocycles. The van der Waals surface area contributed by atoms with E-state index in [1.54, 1.807) is 43.5 Å². The van der Waals surface area contributed by atoms with Gasteiger partial charge >= 0.3 is 6.09 Å². The van der Waals surface area contributed by atoms with Gasteiger partial charge in [0.05, 0.1) is 7.11 Å². The number of carbonyl (C=O) groups excluding carboxylic acids is 1. The lowest BCUT2D eigenvalue weighted by Crippen LogP contribution is -2.38. The van der Waals surface area contributed by atoms with E-state index in [-0.39, 0.29) is 12.4 Å². The third kappa shape index (κ3) is 4.45. The number of anilines is 1. The van der Waals surface area contributed by atoms with Crippen LogP contribution in [0.15, 0.2) is 72.8 Å². The van der Waals surface area contributed by atoms with Crippen LogP contribution in [-0.2, 0) is 4.74 Å². The highest BCUT2D eigenvalue weighted by molar-refractivity contribution is 5.91. The van der Waals surface area contributed by atoms with E-state index in [2.05, 4.69) is 0 Å². The molecule has 7 nitrogen and oxygen atoms in total. The molecule has 3 aromatic carbocycles. The molecule has 2 N–H and O–H groups in total. The summed E-state index contributed by atoms with van der Waals surface area (Å²) >= 11 is 0. The summed E-state index contributed by atoms with van der Waals surface area (Å²) in [7, 11) is 1.56. The molecule has 1 amide bonds. The van der Waals surface area contributed by atoms with Crippen LogP contribution in [0.4, 0.5) is 14.9 Å². The number of nitrogens with zero attached hydrogens (tertiary/aromatic N) is 1. The first-order chi connectivity index (χ1) is 15.5. The Labute approximate surface area is 184 Å². The van der Waals surface area contributed by atoms with Gasteiger partial charge in [-0.25, -0.2) is 9.18 Å². The zero-order valence-electron chi connectivity index (χ0n) is 17.2. The zero-order chi connectivity index (χ0) is 22.7. The van der Waals surface area contributed by atoms with Gasteiger partial charge in [-0.3, -0.25) is 4.90 Å². The van der Waals surface area contributed by atoms with Crippen LogP contribution in [0, 0.1) is 5.82 Å². The van der Waals surface area contributed by atoms with Gasteiger partial charge < -0.3 is 24.4 Å². The van der Waals surface area contributed by atoms with Gasteiger partial charge in [-0.2, -0.15) is 0 Å². The van der Waals surface area contributed by atoms with Crippen LogP contribution < -0.4 is 14.4 Å². The number of ether oxygens (including phenoxy) is 3. The van der Waals surface area contributed by atoms with Crippen molar-refractivity contribution in [1.29, 1.82) is 0 Å². The van der Waals surface area contributed by atoms with Crippen molar-refractivity contribution in [3.05, 3.63) is 84.2 Å². The van der Waals surface area contributed by atoms with E-state index >= 15 is 0 Å². The van der Waals surface area contributed by atoms with Crippen LogP contribution >= 0.6 is 0 Å². The summed E-state index contributed by atoms with van der Waals surface area (Å²) in [5.41, 5.74) is 1.05. The van der Waals surface area contributed by atoms with Gasteiger partial charge in [-0.15, -0.1) is 0 Å². The topological polar surface area (TPSA) is 88.5 Å². The Bertz CT molecular complexity index is 1060. The third-order valence-electron chi connectivity index (χ3n) is 5.22. The molecule has 8 heteroatoms. The van der Waals surface area contributed by atoms with Crippen LogP contribution in [0.1, 0.15) is 11.6 Å². The molecule has 0 aromatic heterocycles. The lowest BCUT2D eigenvalue weighted by atomic mass is 9.96. The fourth-order valence-electron chi connectivity index (χ4n) is 3.61. The van der Waals surface area contributed by atoms with Crippen molar-refractivity contribution in [3.63, 3.8) is 0 Å². The summed E-state index contributed by atoms with van der Waals surface area (Å²) in [6.45, 7) is -0.129. The second-order valence-corrected chi connectivity index (χ2v) is 7.29. The summed E-state index contributed by atoms with van der Waals surface area (Å²) < 4.78 is 29.7. The largest absolute Gasteiger partial charge is 0.508 e. The molecule has 1 aliphatic heterocycles. The fraction of sp³-hybridized carbons (Fsp3) is 0.208. The number of rotatable bonds is 7. The second-order valence-electron chi connectivity index (χ2n) is 7.29. The predicted molar refractivity (Wildman–Crippen MR) is 114 cm³/mol. The first-order valence-corrected chi connectivity index (χ1v) is 9.95. The summed E-state index contributed by atoms with van der Waals surface area (Å²) in [5, 5.41) is 20.5. The third-order valence-corrected chi connectivity index (χ3v) is 5.22. The number of hydrogen-bond acceptors (Lipinski definition) is 6. The van der Waals surface area contributed by atoms with E-state index in [4.69, 9.17) is 14.2 Å². The van der Waals surface area contributed by atoms with Gasteiger partial charge in [-0.1, -0.05) is 12.1 Å². The molecule has 2 unspecified atom stereocenters. The van der Waals surface area contributed by atoms with Crippen molar-refractivity contribution in [3.8, 4) is 17.2 Å². The van der Waals surface area contributed by atoms with Gasteiger partial charge in [0.1, 0.15) is 41.8 Å². The van der Waals surface area contributed by atoms with Crippen LogP contribution in [-0.4, -0.2) is 42.2 Å². The van der Waals surface area contributed by atoms with Crippen molar-refractivity contribution in [2.75, 3.05) is 18.6 Å². The Morgan fingerprint density at radius 3 is 2.25 bits per heavy atom. The van der Waals surface area contributed by atoms with Gasteiger partial charge in [-0.05, 0) is 66.2 Å². The highest BCUT2D eigenvalue weighted by Crippen LogP contribution is 2.39. The Morgan fingerprint density at radius 2 is 1.62 bits per heavy atom. The van der Waals surface area contributed by atoms with E-state index in [1.807, 2.05) is 0 Å². The molecule has 1 fully saturated rings. The number of hydrogen-bond donors (Lipinski definition) is 2. The van der Waals surface area contributed by atoms with Crippen LogP contribution in [0.25, 0.3) is 0 Å². The van der Waals surface area contributed by atoms with Crippen molar-refractivity contribution in [2.24, 2.45) is 0 Å². The quantitative estimate of drug-likeness (QED) is 0.578. The number of aromatic hydroxyl groups is 1. The van der Waals surface area contributed by atoms with E-state index in [0.29, 0.717) is 22.7 Å². The number of phenolic OH excluding ortho intramolecular Hbond substituents is 1. The minimum absolute atomic E-state index is 0.0623. The second kappa shape index (κ2) is 9.15. The number of methoxy groups -OCH3 is 1. The Morgan fingerprint density at radius 1 is 1.00 bits per heavy atom. The minimum Gasteiger partial charge on any atom is -0.508 e. The molecular weight excluding hydrogens is 417 g/mol.